The first-order valence-corrected chi connectivity index (χ1v) is 8.45. The first kappa shape index (κ1) is 16.6. The third-order valence-corrected chi connectivity index (χ3v) is 4.23. The van der Waals surface area contributed by atoms with Crippen LogP contribution in [0.3, 0.4) is 0 Å². The molecule has 0 aliphatic heterocycles. The van der Waals surface area contributed by atoms with Gasteiger partial charge in [0.15, 0.2) is 0 Å². The van der Waals surface area contributed by atoms with Gasteiger partial charge in [-0.1, -0.05) is 15.9 Å². The van der Waals surface area contributed by atoms with Crippen LogP contribution in [0.4, 0.5) is 0 Å². The zero-order valence-electron chi connectivity index (χ0n) is 12.8. The molecule has 1 aliphatic rings. The molecule has 0 unspecified atom stereocenters. The van der Waals surface area contributed by atoms with Crippen molar-refractivity contribution in [3.8, 4) is 0 Å². The van der Waals surface area contributed by atoms with Crippen LogP contribution in [0, 0.1) is 0 Å². The molecule has 1 fully saturated rings. The average Bonchev–Trinajstić information content (AvgIpc) is 3.39. The van der Waals surface area contributed by atoms with Gasteiger partial charge in [0.1, 0.15) is 5.82 Å². The topological polar surface area (TPSA) is 92.2 Å². The van der Waals surface area contributed by atoms with E-state index in [1.54, 1.807) is 18.5 Å². The van der Waals surface area contributed by atoms with E-state index in [1.165, 1.54) is 25.0 Å². The van der Waals surface area contributed by atoms with Crippen LogP contribution in [0.15, 0.2) is 35.1 Å². The van der Waals surface area contributed by atoms with Gasteiger partial charge in [0.25, 0.3) is 5.91 Å². The summed E-state index contributed by atoms with van der Waals surface area (Å²) in [5.41, 5.74) is 1.33. The van der Waals surface area contributed by atoms with Gasteiger partial charge in [-0.3, -0.25) is 4.79 Å². The lowest BCUT2D eigenvalue weighted by molar-refractivity contribution is 0.0697. The molecule has 0 bridgehead atoms. The van der Waals surface area contributed by atoms with E-state index in [9.17, 15) is 9.59 Å². The number of carbonyl (C=O) groups excluding carboxylic acids is 1. The first-order valence-electron chi connectivity index (χ1n) is 7.66. The molecule has 1 aliphatic carbocycles. The highest BCUT2D eigenvalue weighted by Crippen LogP contribution is 2.37. The van der Waals surface area contributed by atoms with E-state index in [-0.39, 0.29) is 11.5 Å². The van der Waals surface area contributed by atoms with Crippen LogP contribution >= 0.6 is 15.9 Å². The van der Waals surface area contributed by atoms with Crippen molar-refractivity contribution in [2.24, 2.45) is 0 Å². The number of carbonyl (C=O) groups is 2. The van der Waals surface area contributed by atoms with Crippen LogP contribution in [0.5, 0.6) is 0 Å². The molecule has 124 valence electrons. The van der Waals surface area contributed by atoms with Gasteiger partial charge < -0.3 is 10.4 Å². The molecule has 2 aromatic rings. The van der Waals surface area contributed by atoms with Crippen molar-refractivity contribution in [2.75, 3.05) is 6.54 Å². The number of aromatic carboxylic acids is 1. The maximum atomic E-state index is 12.2. The Bertz CT molecular complexity index is 773. The van der Waals surface area contributed by atoms with Crippen LogP contribution in [0.1, 0.15) is 50.9 Å². The lowest BCUT2D eigenvalue weighted by atomic mass is 10.1. The van der Waals surface area contributed by atoms with Crippen molar-refractivity contribution in [3.63, 3.8) is 0 Å². The van der Waals surface area contributed by atoms with E-state index in [0.717, 1.165) is 11.4 Å². The molecule has 7 heteroatoms. The number of amides is 1. The molecule has 1 amide bonds. The molecule has 1 heterocycles. The average molecular weight is 390 g/mol. The summed E-state index contributed by atoms with van der Waals surface area (Å²) in [6, 6.07) is 4.41. The van der Waals surface area contributed by atoms with Gasteiger partial charge in [-0.2, -0.15) is 0 Å². The molecule has 1 aromatic carbocycles. The van der Waals surface area contributed by atoms with Crippen LogP contribution in [0.2, 0.25) is 0 Å². The predicted molar refractivity (Wildman–Crippen MR) is 91.1 cm³/mol. The number of halogens is 1. The summed E-state index contributed by atoms with van der Waals surface area (Å²) in [6.07, 6.45) is 6.56. The second-order valence-corrected chi connectivity index (χ2v) is 6.68. The number of nitrogens with one attached hydrogen (secondary N) is 1. The Labute approximate surface area is 147 Å². The van der Waals surface area contributed by atoms with E-state index in [2.05, 4.69) is 31.2 Å². The van der Waals surface area contributed by atoms with Gasteiger partial charge in [-0.15, -0.1) is 0 Å². The van der Waals surface area contributed by atoms with Gasteiger partial charge in [-0.05, 0) is 43.0 Å². The van der Waals surface area contributed by atoms with Gasteiger partial charge in [0.05, 0.1) is 5.56 Å². The van der Waals surface area contributed by atoms with Crippen LogP contribution in [-0.4, -0.2) is 33.5 Å². The molecular formula is C17H16BrN3O3. The Morgan fingerprint density at radius 3 is 2.46 bits per heavy atom. The zero-order valence-corrected chi connectivity index (χ0v) is 14.4. The number of aromatic nitrogens is 2. The van der Waals surface area contributed by atoms with Crippen LogP contribution in [-0.2, 0) is 6.42 Å². The molecule has 0 radical (unpaired) electrons. The Morgan fingerprint density at radius 1 is 1.17 bits per heavy atom. The second-order valence-electron chi connectivity index (χ2n) is 5.76. The largest absolute Gasteiger partial charge is 0.478 e. The van der Waals surface area contributed by atoms with Crippen LogP contribution in [0.25, 0.3) is 0 Å². The number of hydrogen-bond acceptors (Lipinski definition) is 4. The van der Waals surface area contributed by atoms with E-state index < -0.39 is 5.97 Å². The SMILES string of the molecule is O=C(O)c1cc(Br)cc(C(=O)NCCc2cnc(C3CC3)nc2)c1. The minimum Gasteiger partial charge on any atom is -0.478 e. The van der Waals surface area contributed by atoms with E-state index in [4.69, 9.17) is 5.11 Å². The summed E-state index contributed by atoms with van der Waals surface area (Å²) >= 11 is 3.22. The van der Waals surface area contributed by atoms with Crippen molar-refractivity contribution in [1.29, 1.82) is 0 Å². The van der Waals surface area contributed by atoms with Gasteiger partial charge in [0, 0.05) is 34.9 Å². The van der Waals surface area contributed by atoms with Crippen molar-refractivity contribution in [3.05, 3.63) is 57.6 Å². The predicted octanol–water partition coefficient (Wildman–Crippen LogP) is 2.79. The number of carboxylic acids is 1. The van der Waals surface area contributed by atoms with Gasteiger partial charge >= 0.3 is 5.97 Å². The molecule has 0 atom stereocenters. The summed E-state index contributed by atoms with van der Waals surface area (Å²) in [4.78, 5) is 31.9. The van der Waals surface area contributed by atoms with Gasteiger partial charge in [-0.25, -0.2) is 14.8 Å². The van der Waals surface area contributed by atoms with E-state index in [1.807, 2.05) is 0 Å². The monoisotopic (exact) mass is 389 g/mol. The quantitative estimate of drug-likeness (QED) is 0.792. The fourth-order valence-electron chi connectivity index (χ4n) is 2.31. The van der Waals surface area contributed by atoms with Crippen LogP contribution < -0.4 is 5.32 Å². The maximum Gasteiger partial charge on any atom is 0.335 e. The lowest BCUT2D eigenvalue weighted by Crippen LogP contribution is -2.26. The Kier molecular flexibility index (Phi) is 4.89. The molecular weight excluding hydrogens is 374 g/mol. The highest BCUT2D eigenvalue weighted by Gasteiger charge is 2.26. The normalized spacial score (nSPS) is 13.5. The molecule has 2 N–H and O–H groups in total. The number of hydrogen-bond donors (Lipinski definition) is 2. The van der Waals surface area contributed by atoms with Gasteiger partial charge in [0.2, 0.25) is 0 Å². The summed E-state index contributed by atoms with van der Waals surface area (Å²) < 4.78 is 0.552. The summed E-state index contributed by atoms with van der Waals surface area (Å²) in [7, 11) is 0. The summed E-state index contributed by atoms with van der Waals surface area (Å²) in [6.45, 7) is 0.430. The summed E-state index contributed by atoms with van der Waals surface area (Å²) in [5, 5.41) is 11.8. The number of nitrogens with zero attached hydrogens (tertiary/aromatic N) is 2. The molecule has 0 spiro atoms. The Balaban J connectivity index is 1.56. The molecule has 0 saturated heterocycles. The zero-order chi connectivity index (χ0) is 17.1. The Morgan fingerprint density at radius 2 is 1.83 bits per heavy atom. The minimum absolute atomic E-state index is 0.0681. The van der Waals surface area contributed by atoms with E-state index in [0.29, 0.717) is 28.9 Å². The highest BCUT2D eigenvalue weighted by atomic mass is 79.9. The fourth-order valence-corrected chi connectivity index (χ4v) is 2.81. The minimum atomic E-state index is -1.07. The van der Waals surface area contributed by atoms with Crippen molar-refractivity contribution < 1.29 is 14.7 Å². The maximum absolute atomic E-state index is 12.2. The van der Waals surface area contributed by atoms with Crippen molar-refractivity contribution >= 4 is 27.8 Å². The molecule has 6 nitrogen and oxygen atoms in total. The third-order valence-electron chi connectivity index (χ3n) is 3.77. The standard InChI is InChI=1S/C17H16BrN3O3/c18-14-6-12(5-13(7-14)17(23)24)16(22)19-4-3-10-8-20-15(21-9-10)11-1-2-11/h5-9,11H,1-4H2,(H,19,22)(H,23,24). The van der Waals surface area contributed by atoms with Crippen molar-refractivity contribution in [2.45, 2.75) is 25.2 Å². The van der Waals surface area contributed by atoms with Crippen molar-refractivity contribution in [1.82, 2.24) is 15.3 Å². The molecule has 1 aromatic heterocycles. The smallest absolute Gasteiger partial charge is 0.335 e. The summed E-state index contributed by atoms with van der Waals surface area (Å²) in [5.74, 6) is 0.0457. The lowest BCUT2D eigenvalue weighted by Gasteiger charge is -2.07. The fraction of sp³-hybridized carbons (Fsp3) is 0.294. The molecule has 1 saturated carbocycles. The van der Waals surface area contributed by atoms with E-state index >= 15 is 0 Å². The number of carboxylic acid groups (broad SMARTS) is 1. The molecule has 3 rings (SSSR count). The third kappa shape index (κ3) is 4.17. The number of benzene rings is 1. The highest BCUT2D eigenvalue weighted by molar-refractivity contribution is 9.10. The molecule has 24 heavy (non-hydrogen) atoms. The Hall–Kier alpha value is -2.28. The second kappa shape index (κ2) is 7.09. The number of rotatable bonds is 6. The first-order chi connectivity index (χ1) is 11.5.